The van der Waals surface area contributed by atoms with E-state index in [4.69, 9.17) is 9.26 Å². The standard InChI is InChI=1S/C10H15N3O3/c1-7-4-9(13-16-7)10(14)12-6-8-5-11-2-3-15-8/h4,8,11H,2-3,5-6H2,1H3,(H,12,14). The Labute approximate surface area is 93.3 Å². The van der Waals surface area contributed by atoms with Gasteiger partial charge < -0.3 is 19.9 Å². The van der Waals surface area contributed by atoms with E-state index < -0.39 is 0 Å². The van der Waals surface area contributed by atoms with Crippen LogP contribution in [0.1, 0.15) is 16.2 Å². The Kier molecular flexibility index (Phi) is 3.53. The summed E-state index contributed by atoms with van der Waals surface area (Å²) in [5, 5.41) is 9.58. The molecule has 1 aliphatic heterocycles. The van der Waals surface area contributed by atoms with Crippen molar-refractivity contribution in [2.45, 2.75) is 13.0 Å². The van der Waals surface area contributed by atoms with Gasteiger partial charge >= 0.3 is 0 Å². The quantitative estimate of drug-likeness (QED) is 0.738. The number of morpholine rings is 1. The van der Waals surface area contributed by atoms with E-state index in [-0.39, 0.29) is 12.0 Å². The van der Waals surface area contributed by atoms with Crippen LogP contribution in [0.15, 0.2) is 10.6 Å². The minimum Gasteiger partial charge on any atom is -0.374 e. The molecular formula is C10H15N3O3. The molecule has 1 aliphatic rings. The molecule has 0 bridgehead atoms. The molecule has 1 fully saturated rings. The Bertz CT molecular complexity index is 358. The first kappa shape index (κ1) is 11.1. The lowest BCUT2D eigenvalue weighted by Gasteiger charge is -2.23. The Morgan fingerprint density at radius 3 is 3.25 bits per heavy atom. The second-order valence-electron chi connectivity index (χ2n) is 3.73. The van der Waals surface area contributed by atoms with Gasteiger partial charge in [-0.15, -0.1) is 0 Å². The lowest BCUT2D eigenvalue weighted by molar-refractivity contribution is 0.0286. The molecule has 2 heterocycles. The van der Waals surface area contributed by atoms with Gasteiger partial charge in [0.05, 0.1) is 12.7 Å². The van der Waals surface area contributed by atoms with Crippen molar-refractivity contribution < 1.29 is 14.1 Å². The Morgan fingerprint density at radius 2 is 2.62 bits per heavy atom. The van der Waals surface area contributed by atoms with Crippen LogP contribution in [0.4, 0.5) is 0 Å². The third kappa shape index (κ3) is 2.80. The number of aryl methyl sites for hydroxylation is 1. The van der Waals surface area contributed by atoms with Gasteiger partial charge in [0.25, 0.3) is 5.91 Å². The van der Waals surface area contributed by atoms with Crippen molar-refractivity contribution in [2.24, 2.45) is 0 Å². The predicted octanol–water partition coefficient (Wildman–Crippen LogP) is -0.299. The molecule has 6 nitrogen and oxygen atoms in total. The number of hydrogen-bond donors (Lipinski definition) is 2. The molecule has 1 aromatic rings. The van der Waals surface area contributed by atoms with E-state index >= 15 is 0 Å². The molecule has 0 saturated carbocycles. The zero-order chi connectivity index (χ0) is 11.4. The molecule has 0 aliphatic carbocycles. The van der Waals surface area contributed by atoms with Crippen molar-refractivity contribution in [2.75, 3.05) is 26.2 Å². The summed E-state index contributed by atoms with van der Waals surface area (Å²) in [5.74, 6) is 0.395. The zero-order valence-corrected chi connectivity index (χ0v) is 9.16. The van der Waals surface area contributed by atoms with Crippen molar-refractivity contribution >= 4 is 5.91 Å². The first-order valence-corrected chi connectivity index (χ1v) is 5.29. The van der Waals surface area contributed by atoms with Crippen LogP contribution in [0.25, 0.3) is 0 Å². The first-order chi connectivity index (χ1) is 7.75. The molecule has 6 heteroatoms. The van der Waals surface area contributed by atoms with Crippen molar-refractivity contribution in [3.05, 3.63) is 17.5 Å². The normalized spacial score (nSPS) is 20.7. The molecule has 88 valence electrons. The zero-order valence-electron chi connectivity index (χ0n) is 9.16. The number of carbonyl (C=O) groups excluding carboxylic acids is 1. The number of carbonyl (C=O) groups is 1. The summed E-state index contributed by atoms with van der Waals surface area (Å²) in [6.07, 6.45) is 0.0331. The Hall–Kier alpha value is -1.40. The molecule has 1 aromatic heterocycles. The molecule has 2 N–H and O–H groups in total. The van der Waals surface area contributed by atoms with Crippen LogP contribution in [-0.2, 0) is 4.74 Å². The highest BCUT2D eigenvalue weighted by Crippen LogP contribution is 2.01. The minimum absolute atomic E-state index is 0.0331. The number of amides is 1. The van der Waals surface area contributed by atoms with Gasteiger partial charge in [0.15, 0.2) is 5.69 Å². The van der Waals surface area contributed by atoms with Crippen LogP contribution < -0.4 is 10.6 Å². The fraction of sp³-hybridized carbons (Fsp3) is 0.600. The van der Waals surface area contributed by atoms with E-state index in [1.54, 1.807) is 13.0 Å². The first-order valence-electron chi connectivity index (χ1n) is 5.29. The lowest BCUT2D eigenvalue weighted by Crippen LogP contribution is -2.45. The molecule has 0 aromatic carbocycles. The number of nitrogens with zero attached hydrogens (tertiary/aromatic N) is 1. The van der Waals surface area contributed by atoms with Gasteiger partial charge in [0.2, 0.25) is 0 Å². The molecule has 1 amide bonds. The van der Waals surface area contributed by atoms with Crippen LogP contribution in [0.2, 0.25) is 0 Å². The molecule has 1 unspecified atom stereocenters. The van der Waals surface area contributed by atoms with E-state index in [1.807, 2.05) is 0 Å². The monoisotopic (exact) mass is 225 g/mol. The molecule has 0 spiro atoms. The van der Waals surface area contributed by atoms with Crippen LogP contribution in [0.5, 0.6) is 0 Å². The number of rotatable bonds is 3. The minimum atomic E-state index is -0.231. The summed E-state index contributed by atoms with van der Waals surface area (Å²) in [6.45, 7) is 4.55. The van der Waals surface area contributed by atoms with Crippen LogP contribution >= 0.6 is 0 Å². The van der Waals surface area contributed by atoms with Crippen LogP contribution in [-0.4, -0.2) is 43.4 Å². The summed E-state index contributed by atoms with van der Waals surface area (Å²) in [5.41, 5.74) is 0.307. The fourth-order valence-electron chi connectivity index (χ4n) is 1.52. The molecular weight excluding hydrogens is 210 g/mol. The van der Waals surface area contributed by atoms with Gasteiger partial charge in [-0.1, -0.05) is 5.16 Å². The second-order valence-corrected chi connectivity index (χ2v) is 3.73. The topological polar surface area (TPSA) is 76.4 Å². The van der Waals surface area contributed by atoms with Crippen LogP contribution in [0.3, 0.4) is 0 Å². The third-order valence-electron chi connectivity index (χ3n) is 2.36. The number of nitrogens with one attached hydrogen (secondary N) is 2. The summed E-state index contributed by atoms with van der Waals surface area (Å²) >= 11 is 0. The van der Waals surface area contributed by atoms with E-state index in [0.29, 0.717) is 24.6 Å². The summed E-state index contributed by atoms with van der Waals surface area (Å²) in [4.78, 5) is 11.6. The van der Waals surface area contributed by atoms with Crippen molar-refractivity contribution in [1.29, 1.82) is 0 Å². The fourth-order valence-corrected chi connectivity index (χ4v) is 1.52. The SMILES string of the molecule is Cc1cc(C(=O)NCC2CNCCO2)no1. The smallest absolute Gasteiger partial charge is 0.273 e. The molecule has 1 atom stereocenters. The summed E-state index contributed by atoms with van der Waals surface area (Å²) in [6, 6.07) is 1.61. The largest absolute Gasteiger partial charge is 0.374 e. The van der Waals surface area contributed by atoms with Gasteiger partial charge in [-0.05, 0) is 6.92 Å². The highest BCUT2D eigenvalue weighted by atomic mass is 16.5. The van der Waals surface area contributed by atoms with E-state index in [0.717, 1.165) is 13.1 Å². The maximum atomic E-state index is 11.6. The lowest BCUT2D eigenvalue weighted by atomic mass is 10.3. The Morgan fingerprint density at radius 1 is 1.75 bits per heavy atom. The van der Waals surface area contributed by atoms with Crippen molar-refractivity contribution in [3.63, 3.8) is 0 Å². The maximum Gasteiger partial charge on any atom is 0.273 e. The van der Waals surface area contributed by atoms with Gasteiger partial charge in [-0.3, -0.25) is 4.79 Å². The Balaban J connectivity index is 1.79. The van der Waals surface area contributed by atoms with Crippen molar-refractivity contribution in [1.82, 2.24) is 15.8 Å². The van der Waals surface area contributed by atoms with Gasteiger partial charge in [0, 0.05) is 25.7 Å². The second kappa shape index (κ2) is 5.09. The molecule has 0 radical (unpaired) electrons. The molecule has 16 heavy (non-hydrogen) atoms. The average Bonchev–Trinajstić information content (AvgIpc) is 2.74. The summed E-state index contributed by atoms with van der Waals surface area (Å²) in [7, 11) is 0. The number of aromatic nitrogens is 1. The van der Waals surface area contributed by atoms with Gasteiger partial charge in [0.1, 0.15) is 5.76 Å². The highest BCUT2D eigenvalue weighted by Gasteiger charge is 2.16. The van der Waals surface area contributed by atoms with Crippen LogP contribution in [0, 0.1) is 6.92 Å². The average molecular weight is 225 g/mol. The molecule has 1 saturated heterocycles. The van der Waals surface area contributed by atoms with E-state index in [9.17, 15) is 4.79 Å². The van der Waals surface area contributed by atoms with E-state index in [2.05, 4.69) is 15.8 Å². The third-order valence-corrected chi connectivity index (χ3v) is 2.36. The maximum absolute atomic E-state index is 11.6. The highest BCUT2D eigenvalue weighted by molar-refractivity contribution is 5.92. The van der Waals surface area contributed by atoms with Gasteiger partial charge in [-0.25, -0.2) is 0 Å². The number of hydrogen-bond acceptors (Lipinski definition) is 5. The summed E-state index contributed by atoms with van der Waals surface area (Å²) < 4.78 is 10.3. The number of ether oxygens (including phenoxy) is 1. The predicted molar refractivity (Wildman–Crippen MR) is 56.2 cm³/mol. The van der Waals surface area contributed by atoms with Crippen molar-refractivity contribution in [3.8, 4) is 0 Å². The van der Waals surface area contributed by atoms with Gasteiger partial charge in [-0.2, -0.15) is 0 Å². The molecule has 2 rings (SSSR count). The van der Waals surface area contributed by atoms with E-state index in [1.165, 1.54) is 0 Å².